The normalized spacial score (nSPS) is 12.9. The summed E-state index contributed by atoms with van der Waals surface area (Å²) in [6.45, 7) is 2.03. The fourth-order valence-electron chi connectivity index (χ4n) is 1.17. The lowest BCUT2D eigenvalue weighted by Gasteiger charge is -1.84. The summed E-state index contributed by atoms with van der Waals surface area (Å²) in [6, 6.07) is 0. The molecular formula is C16H22O2. The van der Waals surface area contributed by atoms with E-state index in [0.717, 1.165) is 12.8 Å². The largest absolute Gasteiger partial charge is 0.481 e. The molecule has 0 spiro atoms. The molecular weight excluding hydrogens is 224 g/mol. The van der Waals surface area contributed by atoms with Crippen LogP contribution < -0.4 is 0 Å². The van der Waals surface area contributed by atoms with Gasteiger partial charge in [0.25, 0.3) is 0 Å². The van der Waals surface area contributed by atoms with Crippen molar-refractivity contribution in [2.75, 3.05) is 0 Å². The van der Waals surface area contributed by atoms with Crippen molar-refractivity contribution in [3.05, 3.63) is 60.8 Å². The van der Waals surface area contributed by atoms with Crippen molar-refractivity contribution in [2.45, 2.75) is 32.6 Å². The Morgan fingerprint density at radius 3 is 1.89 bits per heavy atom. The number of rotatable bonds is 9. The fraction of sp³-hybridized carbons (Fsp3) is 0.312. The summed E-state index contributed by atoms with van der Waals surface area (Å²) >= 11 is 0. The van der Waals surface area contributed by atoms with E-state index in [9.17, 15) is 4.79 Å². The molecule has 0 radical (unpaired) electrons. The fourth-order valence-corrected chi connectivity index (χ4v) is 1.17. The van der Waals surface area contributed by atoms with E-state index in [1.54, 1.807) is 0 Å². The van der Waals surface area contributed by atoms with Crippen LogP contribution in [0.3, 0.4) is 0 Å². The van der Waals surface area contributed by atoms with Crippen molar-refractivity contribution in [1.82, 2.24) is 0 Å². The smallest absolute Gasteiger partial charge is 0.303 e. The number of carboxylic acids is 1. The molecule has 0 rings (SSSR count). The van der Waals surface area contributed by atoms with Gasteiger partial charge in [0.15, 0.2) is 0 Å². The Kier molecular flexibility index (Phi) is 11.9. The highest BCUT2D eigenvalue weighted by molar-refractivity contribution is 5.66. The van der Waals surface area contributed by atoms with E-state index in [2.05, 4.69) is 18.2 Å². The van der Waals surface area contributed by atoms with Crippen LogP contribution in [0.1, 0.15) is 32.6 Å². The van der Waals surface area contributed by atoms with Crippen LogP contribution in [-0.4, -0.2) is 11.1 Å². The highest BCUT2D eigenvalue weighted by atomic mass is 16.4. The number of allylic oxidation sites excluding steroid dienone is 10. The average molecular weight is 246 g/mol. The predicted octanol–water partition coefficient (Wildman–Crippen LogP) is 4.43. The van der Waals surface area contributed by atoms with Gasteiger partial charge in [-0.25, -0.2) is 0 Å². The quantitative estimate of drug-likeness (QED) is 0.371. The monoisotopic (exact) mass is 246 g/mol. The van der Waals surface area contributed by atoms with E-state index in [-0.39, 0.29) is 6.42 Å². The van der Waals surface area contributed by atoms with Crippen LogP contribution in [-0.2, 0) is 4.79 Å². The van der Waals surface area contributed by atoms with Crippen LogP contribution in [0.15, 0.2) is 60.8 Å². The summed E-state index contributed by atoms with van der Waals surface area (Å²) in [4.78, 5) is 10.2. The van der Waals surface area contributed by atoms with E-state index in [4.69, 9.17) is 5.11 Å². The van der Waals surface area contributed by atoms with Gasteiger partial charge in [0, 0.05) is 6.42 Å². The molecule has 0 aliphatic rings. The standard InChI is InChI=1S/C16H22O2/c1-2-3-4-5-6-7-8-9-10-11-12-13-14-15-16(17)18/h2-3,6-13H,4-5,14-15H2,1H3,(H,17,18)/b3-2+,7-6+,9-8+,11-10+,13-12+. The third-order valence-electron chi connectivity index (χ3n) is 2.09. The summed E-state index contributed by atoms with van der Waals surface area (Å²) in [7, 11) is 0. The zero-order valence-corrected chi connectivity index (χ0v) is 11.0. The molecule has 0 atom stereocenters. The lowest BCUT2D eigenvalue weighted by Crippen LogP contribution is -1.91. The lowest BCUT2D eigenvalue weighted by molar-refractivity contribution is -0.136. The number of hydrogen-bond donors (Lipinski definition) is 1. The Balaban J connectivity index is 3.59. The van der Waals surface area contributed by atoms with Crippen LogP contribution in [0, 0.1) is 0 Å². The molecule has 1 N–H and O–H groups in total. The maximum absolute atomic E-state index is 10.2. The zero-order chi connectivity index (χ0) is 13.5. The number of carbonyl (C=O) groups is 1. The first-order chi connectivity index (χ1) is 8.77. The van der Waals surface area contributed by atoms with Crippen molar-refractivity contribution in [1.29, 1.82) is 0 Å². The summed E-state index contributed by atoms with van der Waals surface area (Å²) in [5.41, 5.74) is 0. The molecule has 0 aromatic heterocycles. The third kappa shape index (κ3) is 14.2. The minimum Gasteiger partial charge on any atom is -0.481 e. The molecule has 18 heavy (non-hydrogen) atoms. The predicted molar refractivity (Wildman–Crippen MR) is 77.5 cm³/mol. The maximum atomic E-state index is 10.2. The second-order valence-corrected chi connectivity index (χ2v) is 3.70. The highest BCUT2D eigenvalue weighted by Gasteiger charge is 1.90. The molecule has 0 fully saturated rings. The van der Waals surface area contributed by atoms with Crippen LogP contribution >= 0.6 is 0 Å². The molecule has 2 heteroatoms. The first-order valence-electron chi connectivity index (χ1n) is 6.25. The number of carboxylic acid groups (broad SMARTS) is 1. The molecule has 0 heterocycles. The number of hydrogen-bond acceptors (Lipinski definition) is 1. The second kappa shape index (κ2) is 13.2. The van der Waals surface area contributed by atoms with E-state index in [0.29, 0.717) is 6.42 Å². The van der Waals surface area contributed by atoms with Gasteiger partial charge in [-0.1, -0.05) is 60.8 Å². The Morgan fingerprint density at radius 1 is 0.833 bits per heavy atom. The van der Waals surface area contributed by atoms with Gasteiger partial charge < -0.3 is 5.11 Å². The van der Waals surface area contributed by atoms with Gasteiger partial charge >= 0.3 is 5.97 Å². The van der Waals surface area contributed by atoms with Crippen LogP contribution in [0.4, 0.5) is 0 Å². The summed E-state index contributed by atoms with van der Waals surface area (Å²) in [5, 5.41) is 8.42. The van der Waals surface area contributed by atoms with E-state index in [1.165, 1.54) is 0 Å². The molecule has 98 valence electrons. The van der Waals surface area contributed by atoms with Crippen LogP contribution in [0.5, 0.6) is 0 Å². The van der Waals surface area contributed by atoms with Gasteiger partial charge in [0.05, 0.1) is 0 Å². The summed E-state index contributed by atoms with van der Waals surface area (Å²) < 4.78 is 0. The van der Waals surface area contributed by atoms with Crippen LogP contribution in [0.2, 0.25) is 0 Å². The van der Waals surface area contributed by atoms with Gasteiger partial charge in [0.1, 0.15) is 0 Å². The van der Waals surface area contributed by atoms with Crippen molar-refractivity contribution < 1.29 is 9.90 Å². The lowest BCUT2D eigenvalue weighted by atomic mass is 10.2. The average Bonchev–Trinajstić information content (AvgIpc) is 2.34. The second-order valence-electron chi connectivity index (χ2n) is 3.70. The molecule has 0 bridgehead atoms. The van der Waals surface area contributed by atoms with Gasteiger partial charge in [-0.2, -0.15) is 0 Å². The minimum absolute atomic E-state index is 0.190. The molecule has 0 saturated carbocycles. The zero-order valence-electron chi connectivity index (χ0n) is 11.0. The molecule has 0 unspecified atom stereocenters. The molecule has 0 aromatic carbocycles. The maximum Gasteiger partial charge on any atom is 0.303 e. The van der Waals surface area contributed by atoms with Crippen LogP contribution in [0.25, 0.3) is 0 Å². The Labute approximate surface area is 110 Å². The molecule has 0 amide bonds. The number of unbranched alkanes of at least 4 members (excludes halogenated alkanes) is 1. The van der Waals surface area contributed by atoms with Gasteiger partial charge in [-0.15, -0.1) is 0 Å². The summed E-state index contributed by atoms with van der Waals surface area (Å²) in [6.07, 6.45) is 22.8. The van der Waals surface area contributed by atoms with Gasteiger partial charge in [0.2, 0.25) is 0 Å². The topological polar surface area (TPSA) is 37.3 Å². The van der Waals surface area contributed by atoms with Gasteiger partial charge in [-0.05, 0) is 26.2 Å². The van der Waals surface area contributed by atoms with E-state index in [1.807, 2.05) is 49.5 Å². The highest BCUT2D eigenvalue weighted by Crippen LogP contribution is 1.93. The first kappa shape index (κ1) is 16.2. The van der Waals surface area contributed by atoms with Crippen molar-refractivity contribution in [3.63, 3.8) is 0 Å². The molecule has 0 aliphatic heterocycles. The Morgan fingerprint density at radius 2 is 1.33 bits per heavy atom. The molecule has 0 saturated heterocycles. The van der Waals surface area contributed by atoms with Gasteiger partial charge in [-0.3, -0.25) is 4.79 Å². The summed E-state index contributed by atoms with van der Waals surface area (Å²) in [5.74, 6) is -0.758. The van der Waals surface area contributed by atoms with Crippen molar-refractivity contribution >= 4 is 5.97 Å². The number of aliphatic carboxylic acids is 1. The third-order valence-corrected chi connectivity index (χ3v) is 2.09. The van der Waals surface area contributed by atoms with Crippen molar-refractivity contribution in [2.24, 2.45) is 0 Å². The minimum atomic E-state index is -0.758. The molecule has 0 aromatic rings. The first-order valence-corrected chi connectivity index (χ1v) is 6.25. The van der Waals surface area contributed by atoms with E-state index >= 15 is 0 Å². The Hall–Kier alpha value is -1.83. The Bertz CT molecular complexity index is 344. The molecule has 0 aliphatic carbocycles. The van der Waals surface area contributed by atoms with E-state index < -0.39 is 5.97 Å². The van der Waals surface area contributed by atoms with Crippen molar-refractivity contribution in [3.8, 4) is 0 Å². The SMILES string of the molecule is C/C=C/CC/C=C/C=C/C=C/C=C/CCC(=O)O. The molecule has 2 nitrogen and oxygen atoms in total.